The molecule has 0 aliphatic rings. The molecule has 5 aromatic rings. The summed E-state index contributed by atoms with van der Waals surface area (Å²) in [5.41, 5.74) is 3.02. The summed E-state index contributed by atoms with van der Waals surface area (Å²) in [6, 6.07) is 27.7. The van der Waals surface area contributed by atoms with Crippen molar-refractivity contribution in [2.45, 2.75) is 53.2 Å². The molecule has 5 rings (SSSR count). The van der Waals surface area contributed by atoms with Gasteiger partial charge >= 0.3 is 0 Å². The van der Waals surface area contributed by atoms with Crippen LogP contribution in [0.25, 0.3) is 16.0 Å². The third kappa shape index (κ3) is 5.44. The van der Waals surface area contributed by atoms with E-state index in [9.17, 15) is 4.79 Å². The maximum atomic E-state index is 12.7. The van der Waals surface area contributed by atoms with Gasteiger partial charge in [0.2, 0.25) is 0 Å². The standard InChI is InChI=1S/C32H37N3O2SSi/c1-31(2,3)22-33-29(36)28-20-35-27-18-17-23(19-26(27)34-30(35)38-28)21-37-39(32(4,5)6,24-13-9-7-10-14-24)25-15-11-8-12-16-25/h7-20H,21-22H2,1-6H3,(H,33,36). The highest BCUT2D eigenvalue weighted by Gasteiger charge is 2.50. The Morgan fingerprint density at radius 3 is 2.10 bits per heavy atom. The van der Waals surface area contributed by atoms with E-state index in [0.717, 1.165) is 21.6 Å². The summed E-state index contributed by atoms with van der Waals surface area (Å²) in [4.78, 5) is 19.0. The van der Waals surface area contributed by atoms with E-state index in [1.807, 2.05) is 10.6 Å². The number of hydrogen-bond acceptors (Lipinski definition) is 4. The van der Waals surface area contributed by atoms with Gasteiger partial charge in [0, 0.05) is 12.7 Å². The summed E-state index contributed by atoms with van der Waals surface area (Å²) in [5, 5.41) is 5.49. The van der Waals surface area contributed by atoms with Crippen LogP contribution in [0.2, 0.25) is 5.04 Å². The fourth-order valence-electron chi connectivity index (χ4n) is 5.14. The van der Waals surface area contributed by atoms with Crippen LogP contribution in [0.4, 0.5) is 0 Å². The number of nitrogens with one attached hydrogen (secondary N) is 1. The average Bonchev–Trinajstić information content (AvgIpc) is 3.46. The summed E-state index contributed by atoms with van der Waals surface area (Å²) < 4.78 is 9.13. The first-order valence-corrected chi connectivity index (χ1v) is 16.1. The number of carbonyl (C=O) groups is 1. The van der Waals surface area contributed by atoms with E-state index in [1.165, 1.54) is 21.7 Å². The first kappa shape index (κ1) is 27.3. The van der Waals surface area contributed by atoms with Gasteiger partial charge in [-0.25, -0.2) is 4.98 Å². The van der Waals surface area contributed by atoms with E-state index in [-0.39, 0.29) is 16.4 Å². The van der Waals surface area contributed by atoms with E-state index in [1.54, 1.807) is 0 Å². The highest BCUT2D eigenvalue weighted by Crippen LogP contribution is 2.37. The lowest BCUT2D eigenvalue weighted by atomic mass is 9.97. The predicted octanol–water partition coefficient (Wildman–Crippen LogP) is 6.40. The number of carbonyl (C=O) groups excluding carboxylic acids is 1. The van der Waals surface area contributed by atoms with Crippen molar-refractivity contribution in [1.29, 1.82) is 0 Å². The van der Waals surface area contributed by atoms with Crippen molar-refractivity contribution in [3.63, 3.8) is 0 Å². The van der Waals surface area contributed by atoms with Crippen LogP contribution in [0.15, 0.2) is 85.1 Å². The maximum absolute atomic E-state index is 12.7. The Hall–Kier alpha value is -3.26. The summed E-state index contributed by atoms with van der Waals surface area (Å²) in [6.45, 7) is 14.3. The fourth-order valence-corrected chi connectivity index (χ4v) is 10.6. The molecular formula is C32H37N3O2SSi. The molecule has 0 saturated carbocycles. The normalized spacial score (nSPS) is 12.8. The molecule has 3 aromatic carbocycles. The molecule has 0 fully saturated rings. The first-order chi connectivity index (χ1) is 18.5. The van der Waals surface area contributed by atoms with Crippen LogP contribution in [0.5, 0.6) is 0 Å². The number of amides is 1. The number of hydrogen-bond donors (Lipinski definition) is 1. The van der Waals surface area contributed by atoms with Crippen LogP contribution >= 0.6 is 11.3 Å². The van der Waals surface area contributed by atoms with Gasteiger partial charge in [0.1, 0.15) is 4.88 Å². The number of rotatable bonds is 7. The molecule has 7 heteroatoms. The Kier molecular flexibility index (Phi) is 7.26. The number of fused-ring (bicyclic) bond motifs is 3. The highest BCUT2D eigenvalue weighted by atomic mass is 32.1. The zero-order valence-electron chi connectivity index (χ0n) is 23.6. The zero-order valence-corrected chi connectivity index (χ0v) is 25.4. The maximum Gasteiger partial charge on any atom is 0.263 e. The molecule has 0 atom stereocenters. The average molecular weight is 556 g/mol. The molecule has 0 radical (unpaired) electrons. The Morgan fingerprint density at radius 2 is 1.54 bits per heavy atom. The topological polar surface area (TPSA) is 55.6 Å². The Balaban J connectivity index is 1.45. The van der Waals surface area contributed by atoms with Crippen molar-refractivity contribution in [3.8, 4) is 0 Å². The lowest BCUT2D eigenvalue weighted by Gasteiger charge is -2.43. The summed E-state index contributed by atoms with van der Waals surface area (Å²) in [5.74, 6) is -0.0519. The largest absolute Gasteiger partial charge is 0.403 e. The first-order valence-electron chi connectivity index (χ1n) is 13.4. The van der Waals surface area contributed by atoms with Crippen molar-refractivity contribution in [2.24, 2.45) is 5.41 Å². The van der Waals surface area contributed by atoms with E-state index in [0.29, 0.717) is 18.0 Å². The molecule has 0 saturated heterocycles. The lowest BCUT2D eigenvalue weighted by molar-refractivity contribution is 0.0943. The van der Waals surface area contributed by atoms with Crippen molar-refractivity contribution in [3.05, 3.63) is 95.5 Å². The Bertz CT molecular complexity index is 1560. The summed E-state index contributed by atoms with van der Waals surface area (Å²) >= 11 is 1.42. The van der Waals surface area contributed by atoms with Crippen LogP contribution in [-0.2, 0) is 11.0 Å². The quantitative estimate of drug-likeness (QED) is 0.236. The third-order valence-electron chi connectivity index (χ3n) is 7.04. The van der Waals surface area contributed by atoms with E-state index in [4.69, 9.17) is 9.41 Å². The summed E-state index contributed by atoms with van der Waals surface area (Å²) in [6.07, 6.45) is 1.89. The molecule has 0 unspecified atom stereocenters. The van der Waals surface area contributed by atoms with Gasteiger partial charge in [-0.2, -0.15) is 0 Å². The Morgan fingerprint density at radius 1 is 0.923 bits per heavy atom. The van der Waals surface area contributed by atoms with Gasteiger partial charge in [0.25, 0.3) is 14.2 Å². The second kappa shape index (κ2) is 10.4. The Labute approximate surface area is 236 Å². The number of benzene rings is 3. The smallest absolute Gasteiger partial charge is 0.263 e. The molecule has 2 aromatic heterocycles. The van der Waals surface area contributed by atoms with Crippen LogP contribution in [-0.4, -0.2) is 30.2 Å². The number of nitrogens with zero attached hydrogens (tertiary/aromatic N) is 2. The molecule has 1 amide bonds. The monoisotopic (exact) mass is 555 g/mol. The van der Waals surface area contributed by atoms with Gasteiger partial charge in [-0.05, 0) is 38.5 Å². The predicted molar refractivity (Wildman–Crippen MR) is 165 cm³/mol. The number of imidazole rings is 1. The van der Waals surface area contributed by atoms with Gasteiger partial charge in [-0.15, -0.1) is 0 Å². The van der Waals surface area contributed by atoms with Gasteiger partial charge in [0.05, 0.1) is 17.6 Å². The highest BCUT2D eigenvalue weighted by molar-refractivity contribution is 7.19. The van der Waals surface area contributed by atoms with Crippen LogP contribution < -0.4 is 15.7 Å². The van der Waals surface area contributed by atoms with Gasteiger partial charge in [0.15, 0.2) is 4.96 Å². The SMILES string of the molecule is CC(C)(C)CNC(=O)c1cn2c(nc3cc(CO[Si](c4ccccc4)(c4ccccc4)C(C)(C)C)ccc32)s1. The fraction of sp³-hybridized carbons (Fsp3) is 0.312. The van der Waals surface area contributed by atoms with Gasteiger partial charge in [-0.3, -0.25) is 9.20 Å². The zero-order chi connectivity index (χ0) is 27.8. The van der Waals surface area contributed by atoms with E-state index < -0.39 is 8.32 Å². The van der Waals surface area contributed by atoms with Crippen molar-refractivity contribution >= 4 is 51.9 Å². The van der Waals surface area contributed by atoms with Gasteiger partial charge in [-0.1, -0.05) is 120 Å². The molecule has 202 valence electrons. The van der Waals surface area contributed by atoms with Crippen LogP contribution in [0.3, 0.4) is 0 Å². The molecule has 1 N–H and O–H groups in total. The van der Waals surface area contributed by atoms with E-state index in [2.05, 4.69) is 126 Å². The van der Waals surface area contributed by atoms with Crippen molar-refractivity contribution < 1.29 is 9.22 Å². The molecule has 0 aliphatic carbocycles. The summed E-state index contributed by atoms with van der Waals surface area (Å²) in [7, 11) is -2.63. The number of aromatic nitrogens is 2. The molecule has 2 heterocycles. The number of thiazole rings is 1. The van der Waals surface area contributed by atoms with Crippen molar-refractivity contribution in [2.75, 3.05) is 6.54 Å². The molecule has 0 bridgehead atoms. The third-order valence-corrected chi connectivity index (χ3v) is 13.0. The molecule has 39 heavy (non-hydrogen) atoms. The van der Waals surface area contributed by atoms with Crippen molar-refractivity contribution in [1.82, 2.24) is 14.7 Å². The molecule has 0 spiro atoms. The minimum absolute atomic E-state index is 0.0344. The van der Waals surface area contributed by atoms with Crippen LogP contribution in [0.1, 0.15) is 56.8 Å². The van der Waals surface area contributed by atoms with Crippen LogP contribution in [0, 0.1) is 5.41 Å². The molecular weight excluding hydrogens is 519 g/mol. The lowest BCUT2D eigenvalue weighted by Crippen LogP contribution is -2.66. The second-order valence-corrected chi connectivity index (χ2v) is 17.7. The molecule has 0 aliphatic heterocycles. The van der Waals surface area contributed by atoms with Gasteiger partial charge < -0.3 is 9.74 Å². The van der Waals surface area contributed by atoms with E-state index >= 15 is 0 Å². The second-order valence-electron chi connectivity index (χ2n) is 12.4. The minimum atomic E-state index is -2.63. The minimum Gasteiger partial charge on any atom is -0.403 e. The molecule has 5 nitrogen and oxygen atoms in total.